The molecule has 2 rings (SSSR count). The van der Waals surface area contributed by atoms with Crippen LogP contribution in [0.25, 0.3) is 0 Å². The molecule has 122 valence electrons. The second-order valence-electron chi connectivity index (χ2n) is 6.53. The Morgan fingerprint density at radius 3 is 2.18 bits per heavy atom. The number of rotatable bonds is 2. The Hall–Kier alpha value is -1.23. The zero-order chi connectivity index (χ0) is 15.8. The summed E-state index contributed by atoms with van der Waals surface area (Å²) in [6.07, 6.45) is 4.29. The molecular formula is C18H30N4. The minimum atomic E-state index is 0.959. The molecule has 2 heterocycles. The Bertz CT molecular complexity index is 426. The van der Waals surface area contributed by atoms with E-state index in [1.807, 2.05) is 12.3 Å². The van der Waals surface area contributed by atoms with Gasteiger partial charge in [0, 0.05) is 25.8 Å². The average molecular weight is 302 g/mol. The van der Waals surface area contributed by atoms with E-state index in [1.165, 1.54) is 24.1 Å². The number of likely N-dealkylation sites (N-methyl/N-ethyl adjacent to an activating group) is 2. The summed E-state index contributed by atoms with van der Waals surface area (Å²) in [6, 6.07) is 6.18. The fraction of sp³-hybridized carbons (Fsp3) is 0.611. The molecular weight excluding hydrogens is 272 g/mol. The molecule has 0 aromatic carbocycles. The minimum Gasteiger partial charge on any atom is -0.302 e. The quantitative estimate of drug-likeness (QED) is 0.780. The van der Waals surface area contributed by atoms with E-state index in [0.29, 0.717) is 0 Å². The summed E-state index contributed by atoms with van der Waals surface area (Å²) in [6.45, 7) is 11.7. The van der Waals surface area contributed by atoms with Gasteiger partial charge in [-0.1, -0.05) is 12.6 Å². The van der Waals surface area contributed by atoms with Gasteiger partial charge in [0.25, 0.3) is 0 Å². The van der Waals surface area contributed by atoms with Crippen molar-refractivity contribution in [2.45, 2.75) is 19.4 Å². The van der Waals surface area contributed by atoms with Crippen molar-refractivity contribution in [3.8, 4) is 0 Å². The molecule has 0 atom stereocenters. The first-order valence-corrected chi connectivity index (χ1v) is 8.29. The lowest BCUT2D eigenvalue weighted by atomic mass is 10.2. The van der Waals surface area contributed by atoms with E-state index >= 15 is 0 Å². The first-order valence-electron chi connectivity index (χ1n) is 8.29. The van der Waals surface area contributed by atoms with Crippen LogP contribution in [0.15, 0.2) is 36.5 Å². The first kappa shape index (κ1) is 17.1. The second kappa shape index (κ2) is 9.03. The van der Waals surface area contributed by atoms with Crippen molar-refractivity contribution in [3.05, 3.63) is 42.2 Å². The summed E-state index contributed by atoms with van der Waals surface area (Å²) in [5.41, 5.74) is 2.49. The van der Waals surface area contributed by atoms with E-state index in [2.05, 4.69) is 52.5 Å². The minimum absolute atomic E-state index is 0.959. The van der Waals surface area contributed by atoms with Crippen LogP contribution < -0.4 is 0 Å². The lowest BCUT2D eigenvalue weighted by Crippen LogP contribution is -2.34. The van der Waals surface area contributed by atoms with Crippen LogP contribution in [0.5, 0.6) is 0 Å². The van der Waals surface area contributed by atoms with Gasteiger partial charge in [-0.25, -0.2) is 0 Å². The molecule has 0 radical (unpaired) electrons. The zero-order valence-corrected chi connectivity index (χ0v) is 14.2. The van der Waals surface area contributed by atoms with Gasteiger partial charge in [-0.3, -0.25) is 9.88 Å². The number of hydrogen-bond donors (Lipinski definition) is 0. The Labute approximate surface area is 135 Å². The number of hydrogen-bond acceptors (Lipinski definition) is 4. The monoisotopic (exact) mass is 302 g/mol. The smallest absolute Gasteiger partial charge is 0.0543 e. The largest absolute Gasteiger partial charge is 0.302 e. The van der Waals surface area contributed by atoms with Crippen LogP contribution in [0.4, 0.5) is 0 Å². The second-order valence-corrected chi connectivity index (χ2v) is 6.53. The van der Waals surface area contributed by atoms with Gasteiger partial charge in [-0.2, -0.15) is 0 Å². The Balaban J connectivity index is 1.92. The lowest BCUT2D eigenvalue weighted by molar-refractivity contribution is 0.216. The van der Waals surface area contributed by atoms with E-state index in [-0.39, 0.29) is 0 Å². The molecule has 22 heavy (non-hydrogen) atoms. The van der Waals surface area contributed by atoms with E-state index in [1.54, 1.807) is 0 Å². The molecule has 1 aromatic heterocycles. The molecule has 1 aliphatic heterocycles. The summed E-state index contributed by atoms with van der Waals surface area (Å²) in [5, 5.41) is 0. The van der Waals surface area contributed by atoms with Gasteiger partial charge in [0.1, 0.15) is 0 Å². The fourth-order valence-corrected chi connectivity index (χ4v) is 3.09. The van der Waals surface area contributed by atoms with Gasteiger partial charge >= 0.3 is 0 Å². The number of pyridine rings is 1. The van der Waals surface area contributed by atoms with Crippen molar-refractivity contribution >= 4 is 0 Å². The van der Waals surface area contributed by atoms with Gasteiger partial charge in [-0.15, -0.1) is 0 Å². The van der Waals surface area contributed by atoms with Crippen molar-refractivity contribution in [3.63, 3.8) is 0 Å². The summed E-state index contributed by atoms with van der Waals surface area (Å²) < 4.78 is 0. The normalized spacial score (nSPS) is 21.3. The zero-order valence-electron chi connectivity index (χ0n) is 14.2. The molecule has 0 saturated carbocycles. The van der Waals surface area contributed by atoms with Gasteiger partial charge in [0.15, 0.2) is 0 Å². The highest BCUT2D eigenvalue weighted by molar-refractivity contribution is 5.03. The predicted molar refractivity (Wildman–Crippen MR) is 92.9 cm³/mol. The topological polar surface area (TPSA) is 22.6 Å². The van der Waals surface area contributed by atoms with Crippen LogP contribution >= 0.6 is 0 Å². The van der Waals surface area contributed by atoms with Crippen LogP contribution in [0.3, 0.4) is 0 Å². The van der Waals surface area contributed by atoms with Gasteiger partial charge in [0.05, 0.1) is 5.69 Å². The van der Waals surface area contributed by atoms with Gasteiger partial charge < -0.3 is 9.80 Å². The van der Waals surface area contributed by atoms with Crippen LogP contribution in [-0.2, 0) is 6.54 Å². The molecule has 1 aliphatic rings. The summed E-state index contributed by atoms with van der Waals surface area (Å²) >= 11 is 0. The third-order valence-electron chi connectivity index (χ3n) is 4.13. The van der Waals surface area contributed by atoms with E-state index in [4.69, 9.17) is 0 Å². The Kier molecular flexibility index (Phi) is 7.03. The van der Waals surface area contributed by atoms with E-state index in [0.717, 1.165) is 45.8 Å². The maximum absolute atomic E-state index is 4.47. The van der Waals surface area contributed by atoms with Crippen LogP contribution in [0, 0.1) is 0 Å². The molecule has 0 amide bonds. The third kappa shape index (κ3) is 6.26. The molecule has 0 N–H and O–H groups in total. The molecule has 4 nitrogen and oxygen atoms in total. The molecule has 1 saturated heterocycles. The van der Waals surface area contributed by atoms with Gasteiger partial charge in [-0.05, 0) is 70.8 Å². The molecule has 1 fully saturated rings. The first-order chi connectivity index (χ1) is 10.6. The standard InChI is InChI=1S/C18H30N4/c1-17-14-20(2)10-6-12-22(13-7-11-21(3)15-17)16-18-8-4-5-9-19-18/h4-5,8-9H,1,6-7,10-16H2,2-3H3. The van der Waals surface area contributed by atoms with Crippen molar-refractivity contribution in [1.82, 2.24) is 19.7 Å². The molecule has 0 spiro atoms. The molecule has 4 heteroatoms. The predicted octanol–water partition coefficient (Wildman–Crippen LogP) is 2.10. The van der Waals surface area contributed by atoms with Crippen molar-refractivity contribution in [1.29, 1.82) is 0 Å². The van der Waals surface area contributed by atoms with Crippen LogP contribution in [-0.4, -0.2) is 73.0 Å². The van der Waals surface area contributed by atoms with Crippen molar-refractivity contribution in [2.75, 3.05) is 53.4 Å². The number of nitrogens with zero attached hydrogens (tertiary/aromatic N) is 4. The number of aromatic nitrogens is 1. The summed E-state index contributed by atoms with van der Waals surface area (Å²) in [7, 11) is 4.39. The fourth-order valence-electron chi connectivity index (χ4n) is 3.09. The summed E-state index contributed by atoms with van der Waals surface area (Å²) in [4.78, 5) is 11.8. The van der Waals surface area contributed by atoms with E-state index in [9.17, 15) is 0 Å². The lowest BCUT2D eigenvalue weighted by Gasteiger charge is -2.28. The maximum atomic E-state index is 4.47. The van der Waals surface area contributed by atoms with Crippen molar-refractivity contribution in [2.24, 2.45) is 0 Å². The molecule has 0 aliphatic carbocycles. The highest BCUT2D eigenvalue weighted by atomic mass is 15.2. The van der Waals surface area contributed by atoms with Gasteiger partial charge in [0.2, 0.25) is 0 Å². The average Bonchev–Trinajstić information content (AvgIpc) is 2.46. The molecule has 0 bridgehead atoms. The SMILES string of the molecule is C=C1CN(C)CCCN(Cc2ccccn2)CCCN(C)C1. The van der Waals surface area contributed by atoms with Crippen LogP contribution in [0.1, 0.15) is 18.5 Å². The summed E-state index contributed by atoms with van der Waals surface area (Å²) in [5.74, 6) is 0. The maximum Gasteiger partial charge on any atom is 0.0543 e. The highest BCUT2D eigenvalue weighted by Gasteiger charge is 2.11. The third-order valence-corrected chi connectivity index (χ3v) is 4.13. The highest BCUT2D eigenvalue weighted by Crippen LogP contribution is 2.07. The van der Waals surface area contributed by atoms with Crippen LogP contribution in [0.2, 0.25) is 0 Å². The Morgan fingerprint density at radius 2 is 1.64 bits per heavy atom. The molecule has 0 unspecified atom stereocenters. The Morgan fingerprint density at radius 1 is 1.00 bits per heavy atom. The molecule has 1 aromatic rings. The van der Waals surface area contributed by atoms with Crippen molar-refractivity contribution < 1.29 is 0 Å². The van der Waals surface area contributed by atoms with E-state index < -0.39 is 0 Å².